The lowest BCUT2D eigenvalue weighted by Crippen LogP contribution is -2.39. The summed E-state index contributed by atoms with van der Waals surface area (Å²) in [7, 11) is 6.50. The maximum Gasteiger partial charge on any atom is 0.224 e. The van der Waals surface area contributed by atoms with Gasteiger partial charge in [0.15, 0.2) is 11.5 Å². The van der Waals surface area contributed by atoms with E-state index < -0.39 is 0 Å². The topological polar surface area (TPSA) is 69.3 Å². The number of nitrogens with zero attached hydrogens (tertiary/aromatic N) is 1. The molecule has 0 radical (unpaired) electrons. The Balaban J connectivity index is 1.58. The van der Waals surface area contributed by atoms with Gasteiger partial charge in [-0.3, -0.25) is 4.79 Å². The van der Waals surface area contributed by atoms with Gasteiger partial charge in [0.25, 0.3) is 0 Å². The van der Waals surface area contributed by atoms with Gasteiger partial charge in [0.05, 0.1) is 27.4 Å². The number of hydrogen-bond donors (Lipinski definition) is 1. The third kappa shape index (κ3) is 5.61. The van der Waals surface area contributed by atoms with E-state index in [4.69, 9.17) is 18.9 Å². The zero-order valence-corrected chi connectivity index (χ0v) is 18.8. The average Bonchev–Trinajstić information content (AvgIpc) is 2.82. The molecule has 1 fully saturated rings. The highest BCUT2D eigenvalue weighted by Gasteiger charge is 2.20. The number of ether oxygens (including phenoxy) is 4. The van der Waals surface area contributed by atoms with Crippen molar-refractivity contribution in [2.75, 3.05) is 51.7 Å². The number of anilines is 2. The average molecular weight is 429 g/mol. The molecular formula is C24H32N2O5. The van der Waals surface area contributed by atoms with Crippen LogP contribution < -0.4 is 24.4 Å². The van der Waals surface area contributed by atoms with E-state index in [1.54, 1.807) is 28.4 Å². The van der Waals surface area contributed by atoms with Crippen LogP contribution in [0.4, 0.5) is 11.4 Å². The summed E-state index contributed by atoms with van der Waals surface area (Å²) in [6.07, 6.45) is 3.36. The highest BCUT2D eigenvalue weighted by molar-refractivity contribution is 5.91. The van der Waals surface area contributed by atoms with Gasteiger partial charge >= 0.3 is 0 Å². The molecule has 0 aromatic heterocycles. The standard InChI is InChI=1S/C24H32N2O5/c1-28-20-6-5-15-26(16-20)19-11-9-18(10-12-19)25-22(27)14-8-17-7-13-21(29-2)24(31-4)23(17)30-3/h7,9-13,20H,5-6,8,14-16H2,1-4H3,(H,25,27)/t20-/m1/s1. The van der Waals surface area contributed by atoms with Gasteiger partial charge in [-0.1, -0.05) is 6.07 Å². The van der Waals surface area contributed by atoms with Crippen molar-refractivity contribution < 1.29 is 23.7 Å². The molecule has 0 bridgehead atoms. The molecule has 168 valence electrons. The van der Waals surface area contributed by atoms with Crippen molar-refractivity contribution in [3.63, 3.8) is 0 Å². The molecule has 1 amide bonds. The number of amides is 1. The molecule has 1 saturated heterocycles. The van der Waals surface area contributed by atoms with Crippen LogP contribution in [0.15, 0.2) is 36.4 Å². The van der Waals surface area contributed by atoms with E-state index in [0.29, 0.717) is 30.1 Å². The first-order chi connectivity index (χ1) is 15.1. The Labute approximate surface area is 184 Å². The molecule has 1 atom stereocenters. The van der Waals surface area contributed by atoms with E-state index in [9.17, 15) is 4.79 Å². The van der Waals surface area contributed by atoms with Crippen molar-refractivity contribution in [3.05, 3.63) is 42.0 Å². The van der Waals surface area contributed by atoms with Gasteiger partial charge in [-0.2, -0.15) is 0 Å². The van der Waals surface area contributed by atoms with Crippen LogP contribution >= 0.6 is 0 Å². The van der Waals surface area contributed by atoms with Crippen LogP contribution in [-0.4, -0.2) is 53.5 Å². The maximum absolute atomic E-state index is 12.5. The molecule has 7 heteroatoms. The number of benzene rings is 2. The van der Waals surface area contributed by atoms with E-state index in [-0.39, 0.29) is 12.0 Å². The van der Waals surface area contributed by atoms with E-state index in [2.05, 4.69) is 10.2 Å². The van der Waals surface area contributed by atoms with E-state index in [1.165, 1.54) is 0 Å². The van der Waals surface area contributed by atoms with Crippen molar-refractivity contribution in [1.82, 2.24) is 0 Å². The Morgan fingerprint density at radius 2 is 1.74 bits per heavy atom. The first kappa shape index (κ1) is 22.7. The number of piperidine rings is 1. The Hall–Kier alpha value is -2.93. The summed E-state index contributed by atoms with van der Waals surface area (Å²) in [6, 6.07) is 11.7. The molecule has 1 aliphatic heterocycles. The molecule has 1 aliphatic rings. The highest BCUT2D eigenvalue weighted by Crippen LogP contribution is 2.40. The summed E-state index contributed by atoms with van der Waals surface area (Å²) in [5, 5.41) is 2.97. The Morgan fingerprint density at radius 3 is 2.39 bits per heavy atom. The predicted molar refractivity (Wildman–Crippen MR) is 122 cm³/mol. The van der Waals surface area contributed by atoms with Gasteiger partial charge in [-0.25, -0.2) is 0 Å². The van der Waals surface area contributed by atoms with Crippen LogP contribution in [0.3, 0.4) is 0 Å². The Bertz CT molecular complexity index is 869. The quantitative estimate of drug-likeness (QED) is 0.653. The van der Waals surface area contributed by atoms with Crippen molar-refractivity contribution in [3.8, 4) is 17.2 Å². The van der Waals surface area contributed by atoms with Gasteiger partial charge in [0, 0.05) is 38.0 Å². The van der Waals surface area contributed by atoms with Gasteiger partial charge in [-0.15, -0.1) is 0 Å². The number of rotatable bonds is 9. The van der Waals surface area contributed by atoms with Crippen LogP contribution in [0.25, 0.3) is 0 Å². The lowest BCUT2D eigenvalue weighted by atomic mass is 10.1. The van der Waals surface area contributed by atoms with Gasteiger partial charge in [-0.05, 0) is 55.2 Å². The van der Waals surface area contributed by atoms with Crippen LogP contribution in [0.2, 0.25) is 0 Å². The predicted octanol–water partition coefficient (Wildman–Crippen LogP) is 3.90. The SMILES string of the molecule is COc1ccc(CCC(=O)Nc2ccc(N3CCC[C@@H](OC)C3)cc2)c(OC)c1OC. The summed E-state index contributed by atoms with van der Waals surface area (Å²) in [4.78, 5) is 14.8. The van der Waals surface area contributed by atoms with Crippen LogP contribution in [0.5, 0.6) is 17.2 Å². The van der Waals surface area contributed by atoms with Crippen molar-refractivity contribution in [1.29, 1.82) is 0 Å². The first-order valence-electron chi connectivity index (χ1n) is 10.5. The lowest BCUT2D eigenvalue weighted by Gasteiger charge is -2.33. The number of aryl methyl sites for hydroxylation is 1. The number of nitrogens with one attached hydrogen (secondary N) is 1. The second kappa shape index (κ2) is 10.9. The van der Waals surface area contributed by atoms with Crippen molar-refractivity contribution >= 4 is 17.3 Å². The van der Waals surface area contributed by atoms with Crippen molar-refractivity contribution in [2.45, 2.75) is 31.8 Å². The minimum absolute atomic E-state index is 0.0537. The Kier molecular flexibility index (Phi) is 8.00. The third-order valence-electron chi connectivity index (χ3n) is 5.63. The van der Waals surface area contributed by atoms with Crippen LogP contribution in [-0.2, 0) is 16.0 Å². The van der Waals surface area contributed by atoms with Crippen LogP contribution in [0.1, 0.15) is 24.8 Å². The molecule has 0 unspecified atom stereocenters. The van der Waals surface area contributed by atoms with E-state index >= 15 is 0 Å². The van der Waals surface area contributed by atoms with Gasteiger partial charge in [0.2, 0.25) is 11.7 Å². The molecule has 3 rings (SSSR count). The van der Waals surface area contributed by atoms with Gasteiger partial charge < -0.3 is 29.2 Å². The smallest absolute Gasteiger partial charge is 0.224 e. The molecule has 2 aromatic rings. The maximum atomic E-state index is 12.5. The number of carbonyl (C=O) groups excluding carboxylic acids is 1. The third-order valence-corrected chi connectivity index (χ3v) is 5.63. The largest absolute Gasteiger partial charge is 0.493 e. The highest BCUT2D eigenvalue weighted by atomic mass is 16.5. The fourth-order valence-corrected chi connectivity index (χ4v) is 3.95. The minimum atomic E-state index is -0.0537. The van der Waals surface area contributed by atoms with Crippen LogP contribution in [0, 0.1) is 0 Å². The molecule has 0 saturated carbocycles. The lowest BCUT2D eigenvalue weighted by molar-refractivity contribution is -0.116. The van der Waals surface area contributed by atoms with Crippen molar-refractivity contribution in [2.24, 2.45) is 0 Å². The van der Waals surface area contributed by atoms with E-state index in [1.807, 2.05) is 36.4 Å². The second-order valence-electron chi connectivity index (χ2n) is 7.53. The summed E-state index contributed by atoms with van der Waals surface area (Å²) in [5.74, 6) is 1.67. The molecule has 2 aromatic carbocycles. The van der Waals surface area contributed by atoms with Gasteiger partial charge in [0.1, 0.15) is 0 Å². The fourth-order valence-electron chi connectivity index (χ4n) is 3.95. The summed E-state index contributed by atoms with van der Waals surface area (Å²) in [6.45, 7) is 1.92. The molecule has 0 aliphatic carbocycles. The summed E-state index contributed by atoms with van der Waals surface area (Å²) in [5.41, 5.74) is 2.83. The molecule has 31 heavy (non-hydrogen) atoms. The molecule has 1 N–H and O–H groups in total. The zero-order chi connectivity index (χ0) is 22.2. The number of methoxy groups -OCH3 is 4. The fraction of sp³-hybridized carbons (Fsp3) is 0.458. The molecule has 1 heterocycles. The molecular weight excluding hydrogens is 396 g/mol. The summed E-state index contributed by atoms with van der Waals surface area (Å²) >= 11 is 0. The monoisotopic (exact) mass is 428 g/mol. The first-order valence-corrected chi connectivity index (χ1v) is 10.5. The summed E-state index contributed by atoms with van der Waals surface area (Å²) < 4.78 is 21.7. The second-order valence-corrected chi connectivity index (χ2v) is 7.53. The normalized spacial score (nSPS) is 16.0. The molecule has 7 nitrogen and oxygen atoms in total. The minimum Gasteiger partial charge on any atom is -0.493 e. The zero-order valence-electron chi connectivity index (χ0n) is 18.8. The van der Waals surface area contributed by atoms with E-state index in [0.717, 1.165) is 42.9 Å². The molecule has 0 spiro atoms. The Morgan fingerprint density at radius 1 is 1.00 bits per heavy atom. The number of hydrogen-bond acceptors (Lipinski definition) is 6. The number of carbonyl (C=O) groups is 1.